The molecule has 2 rings (SSSR count). The summed E-state index contributed by atoms with van der Waals surface area (Å²) in [6, 6.07) is 3.65. The number of methoxy groups -OCH3 is 1. The Hall–Kier alpha value is -2.08. The van der Waals surface area contributed by atoms with Crippen LogP contribution < -0.4 is 15.4 Å². The van der Waals surface area contributed by atoms with Crippen LogP contribution in [0.3, 0.4) is 0 Å². The maximum absolute atomic E-state index is 12.4. The van der Waals surface area contributed by atoms with E-state index in [9.17, 15) is 4.79 Å². The molecule has 0 amide bonds. The number of nitrogens with one attached hydrogen (secondary N) is 2. The Morgan fingerprint density at radius 2 is 1.96 bits per heavy atom. The topological polar surface area (TPSA) is 59.6 Å². The van der Waals surface area contributed by atoms with Gasteiger partial charge in [-0.15, -0.1) is 0 Å². The predicted molar refractivity (Wildman–Crippen MR) is 93.4 cm³/mol. The molecule has 1 aliphatic rings. The van der Waals surface area contributed by atoms with Crippen LogP contribution in [0.2, 0.25) is 0 Å². The number of esters is 1. The van der Waals surface area contributed by atoms with Crippen molar-refractivity contribution in [2.75, 3.05) is 13.7 Å². The van der Waals surface area contributed by atoms with Gasteiger partial charge in [0.25, 0.3) is 0 Å². The molecule has 23 heavy (non-hydrogen) atoms. The smallest absolute Gasteiger partial charge is 0.338 e. The molecule has 2 N–H and O–H groups in total. The fourth-order valence-electron chi connectivity index (χ4n) is 2.75. The highest BCUT2D eigenvalue weighted by Crippen LogP contribution is 2.33. The maximum atomic E-state index is 12.4. The molecule has 0 spiro atoms. The highest BCUT2D eigenvalue weighted by molar-refractivity contribution is 7.80. The summed E-state index contributed by atoms with van der Waals surface area (Å²) in [5.41, 5.74) is 4.26. The van der Waals surface area contributed by atoms with E-state index in [2.05, 4.69) is 10.6 Å². The number of allylic oxidation sites excluding steroid dienone is 1. The van der Waals surface area contributed by atoms with E-state index in [0.29, 0.717) is 23.0 Å². The minimum atomic E-state index is -0.342. The molecule has 0 saturated heterocycles. The first-order valence-corrected chi connectivity index (χ1v) is 7.90. The third-order valence-corrected chi connectivity index (χ3v) is 4.08. The molecule has 1 aromatic rings. The van der Waals surface area contributed by atoms with E-state index in [-0.39, 0.29) is 12.0 Å². The SMILES string of the molecule is CCOC(=O)C1=C(C)NC(=S)N[C@H]1c1cc(C)c(OC)cc1C. The summed E-state index contributed by atoms with van der Waals surface area (Å²) in [7, 11) is 1.65. The summed E-state index contributed by atoms with van der Waals surface area (Å²) in [6.45, 7) is 7.91. The Bertz CT molecular complexity index is 683. The minimum Gasteiger partial charge on any atom is -0.496 e. The molecule has 0 saturated carbocycles. The van der Waals surface area contributed by atoms with Gasteiger partial charge in [0.15, 0.2) is 5.11 Å². The molecule has 0 unspecified atom stereocenters. The first-order chi connectivity index (χ1) is 10.9. The van der Waals surface area contributed by atoms with Crippen LogP contribution in [-0.4, -0.2) is 24.8 Å². The molecule has 0 aliphatic carbocycles. The third-order valence-electron chi connectivity index (χ3n) is 3.86. The van der Waals surface area contributed by atoms with E-state index in [4.69, 9.17) is 21.7 Å². The van der Waals surface area contributed by atoms with Crippen LogP contribution in [0, 0.1) is 13.8 Å². The van der Waals surface area contributed by atoms with Crippen molar-refractivity contribution in [3.05, 3.63) is 40.1 Å². The first kappa shape index (κ1) is 17.3. The number of carbonyl (C=O) groups is 1. The summed E-state index contributed by atoms with van der Waals surface area (Å²) in [4.78, 5) is 12.4. The summed E-state index contributed by atoms with van der Waals surface area (Å²) in [6.07, 6.45) is 0. The van der Waals surface area contributed by atoms with Crippen molar-refractivity contribution in [3.8, 4) is 5.75 Å². The monoisotopic (exact) mass is 334 g/mol. The van der Waals surface area contributed by atoms with E-state index in [0.717, 1.165) is 22.4 Å². The molecule has 124 valence electrons. The van der Waals surface area contributed by atoms with Crippen LogP contribution in [0.5, 0.6) is 5.75 Å². The van der Waals surface area contributed by atoms with Crippen molar-refractivity contribution in [3.63, 3.8) is 0 Å². The zero-order valence-corrected chi connectivity index (χ0v) is 14.9. The fourth-order valence-corrected chi connectivity index (χ4v) is 3.02. The van der Waals surface area contributed by atoms with Crippen molar-refractivity contribution >= 4 is 23.3 Å². The lowest BCUT2D eigenvalue weighted by atomic mass is 9.91. The number of thiocarbonyl (C=S) groups is 1. The Balaban J connectivity index is 2.54. The van der Waals surface area contributed by atoms with Gasteiger partial charge in [-0.05, 0) is 68.7 Å². The fraction of sp³-hybridized carbons (Fsp3) is 0.412. The number of rotatable bonds is 4. The normalized spacial score (nSPS) is 17.4. The average Bonchev–Trinajstić information content (AvgIpc) is 2.48. The zero-order valence-electron chi connectivity index (χ0n) is 14.1. The lowest BCUT2D eigenvalue weighted by Crippen LogP contribution is -2.45. The number of benzene rings is 1. The highest BCUT2D eigenvalue weighted by atomic mass is 32.1. The second kappa shape index (κ2) is 7.00. The molecule has 6 heteroatoms. The third kappa shape index (κ3) is 3.47. The Labute approximate surface area is 142 Å². The molecule has 1 heterocycles. The number of carbonyl (C=O) groups excluding carboxylic acids is 1. The van der Waals surface area contributed by atoms with Gasteiger partial charge in [0.1, 0.15) is 5.75 Å². The largest absolute Gasteiger partial charge is 0.496 e. The lowest BCUT2D eigenvalue weighted by Gasteiger charge is -2.31. The van der Waals surface area contributed by atoms with Gasteiger partial charge < -0.3 is 20.1 Å². The van der Waals surface area contributed by atoms with Gasteiger partial charge in [-0.3, -0.25) is 0 Å². The van der Waals surface area contributed by atoms with E-state index in [1.165, 1.54) is 0 Å². The van der Waals surface area contributed by atoms with E-state index in [1.807, 2.05) is 32.9 Å². The molecule has 0 aromatic heterocycles. The Morgan fingerprint density at radius 3 is 2.57 bits per heavy atom. The van der Waals surface area contributed by atoms with Gasteiger partial charge in [-0.25, -0.2) is 4.79 Å². The quantitative estimate of drug-likeness (QED) is 0.652. The van der Waals surface area contributed by atoms with Crippen LogP contribution in [0.4, 0.5) is 0 Å². The van der Waals surface area contributed by atoms with E-state index < -0.39 is 0 Å². The Morgan fingerprint density at radius 1 is 1.26 bits per heavy atom. The zero-order chi connectivity index (χ0) is 17.1. The van der Waals surface area contributed by atoms with Crippen LogP contribution >= 0.6 is 12.2 Å². The summed E-state index contributed by atoms with van der Waals surface area (Å²) in [5, 5.41) is 6.67. The standard InChI is InChI=1S/C17H22N2O3S/c1-6-22-16(20)14-11(4)18-17(23)19-15(14)12-7-10(3)13(21-5)8-9(12)2/h7-8,15H,6H2,1-5H3,(H2,18,19,23)/t15-/m0/s1. The molecule has 0 bridgehead atoms. The predicted octanol–water partition coefficient (Wildman–Crippen LogP) is 2.67. The average molecular weight is 334 g/mol. The number of hydrogen-bond acceptors (Lipinski definition) is 4. The van der Waals surface area contributed by atoms with E-state index in [1.54, 1.807) is 14.0 Å². The molecule has 1 aliphatic heterocycles. The van der Waals surface area contributed by atoms with Crippen molar-refractivity contribution < 1.29 is 14.3 Å². The summed E-state index contributed by atoms with van der Waals surface area (Å²) < 4.78 is 10.6. The molecule has 0 fully saturated rings. The first-order valence-electron chi connectivity index (χ1n) is 7.49. The van der Waals surface area contributed by atoms with Crippen LogP contribution in [0.1, 0.15) is 36.6 Å². The van der Waals surface area contributed by atoms with Crippen molar-refractivity contribution in [1.29, 1.82) is 0 Å². The maximum Gasteiger partial charge on any atom is 0.338 e. The van der Waals surface area contributed by atoms with Gasteiger partial charge in [-0.2, -0.15) is 0 Å². The van der Waals surface area contributed by atoms with Crippen molar-refractivity contribution in [2.45, 2.75) is 33.7 Å². The molecule has 0 radical (unpaired) electrons. The van der Waals surface area contributed by atoms with Crippen LogP contribution in [-0.2, 0) is 9.53 Å². The van der Waals surface area contributed by atoms with Gasteiger partial charge >= 0.3 is 5.97 Å². The van der Waals surface area contributed by atoms with Crippen LogP contribution in [0.15, 0.2) is 23.4 Å². The van der Waals surface area contributed by atoms with Crippen LogP contribution in [0.25, 0.3) is 0 Å². The number of aryl methyl sites for hydroxylation is 2. The second-order valence-electron chi connectivity index (χ2n) is 5.47. The van der Waals surface area contributed by atoms with E-state index >= 15 is 0 Å². The highest BCUT2D eigenvalue weighted by Gasteiger charge is 2.32. The molecule has 1 aromatic carbocycles. The van der Waals surface area contributed by atoms with Gasteiger partial charge in [0.05, 0.1) is 25.3 Å². The lowest BCUT2D eigenvalue weighted by molar-refractivity contribution is -0.139. The minimum absolute atomic E-state index is 0.327. The molecule has 5 nitrogen and oxygen atoms in total. The summed E-state index contributed by atoms with van der Waals surface area (Å²) >= 11 is 5.26. The number of ether oxygens (including phenoxy) is 2. The molecular formula is C17H22N2O3S. The second-order valence-corrected chi connectivity index (χ2v) is 5.88. The summed E-state index contributed by atoms with van der Waals surface area (Å²) in [5.74, 6) is 0.478. The van der Waals surface area contributed by atoms with Gasteiger partial charge in [0.2, 0.25) is 0 Å². The molecule has 1 atom stereocenters. The van der Waals surface area contributed by atoms with Gasteiger partial charge in [-0.1, -0.05) is 0 Å². The Kier molecular flexibility index (Phi) is 5.26. The molecular weight excluding hydrogens is 312 g/mol. The van der Waals surface area contributed by atoms with Gasteiger partial charge in [0, 0.05) is 5.70 Å². The van der Waals surface area contributed by atoms with Crippen molar-refractivity contribution in [2.24, 2.45) is 0 Å². The number of hydrogen-bond donors (Lipinski definition) is 2. The van der Waals surface area contributed by atoms with Crippen molar-refractivity contribution in [1.82, 2.24) is 10.6 Å².